The van der Waals surface area contributed by atoms with Crippen molar-refractivity contribution in [3.63, 3.8) is 0 Å². The molecule has 1 saturated heterocycles. The first-order valence-corrected chi connectivity index (χ1v) is 8.22. The highest BCUT2D eigenvalue weighted by Crippen LogP contribution is 2.33. The maximum atomic E-state index is 6.30. The molecule has 3 rings (SSSR count). The van der Waals surface area contributed by atoms with Crippen LogP contribution in [0.3, 0.4) is 0 Å². The third-order valence-corrected chi connectivity index (χ3v) is 5.17. The average molecular weight is 295 g/mol. The summed E-state index contributed by atoms with van der Waals surface area (Å²) in [4.78, 5) is 0. The summed E-state index contributed by atoms with van der Waals surface area (Å²) in [6.45, 7) is 3.01. The van der Waals surface area contributed by atoms with Crippen molar-refractivity contribution >= 4 is 11.8 Å². The third-order valence-electron chi connectivity index (χ3n) is 3.67. The zero-order valence-corrected chi connectivity index (χ0v) is 12.4. The number of fused-ring (bicyclic) bond motifs is 1. The number of nitrogens with two attached hydrogens (primary N) is 1. The highest BCUT2D eigenvalue weighted by molar-refractivity contribution is 7.99. The van der Waals surface area contributed by atoms with Crippen LogP contribution in [-0.4, -0.2) is 37.4 Å². The van der Waals surface area contributed by atoms with Gasteiger partial charge < -0.3 is 19.9 Å². The molecule has 0 spiro atoms. The van der Waals surface area contributed by atoms with Gasteiger partial charge in [0.25, 0.3) is 0 Å². The lowest BCUT2D eigenvalue weighted by Gasteiger charge is -2.24. The number of hydrogen-bond donors (Lipinski definition) is 1. The predicted octanol–water partition coefficient (Wildman–Crippen LogP) is 2.37. The Hall–Kier alpha value is -0.910. The molecule has 20 heavy (non-hydrogen) atoms. The summed E-state index contributed by atoms with van der Waals surface area (Å²) in [6, 6.07) is 6.06. The van der Waals surface area contributed by atoms with Crippen molar-refractivity contribution < 1.29 is 14.2 Å². The molecule has 1 atom stereocenters. The molecule has 0 amide bonds. The van der Waals surface area contributed by atoms with Gasteiger partial charge in [0.05, 0.1) is 0 Å². The Morgan fingerprint density at radius 3 is 2.65 bits per heavy atom. The van der Waals surface area contributed by atoms with Gasteiger partial charge in [0.15, 0.2) is 11.5 Å². The summed E-state index contributed by atoms with van der Waals surface area (Å²) in [5, 5.41) is 0.687. The van der Waals surface area contributed by atoms with E-state index in [1.165, 1.54) is 0 Å². The number of rotatable bonds is 4. The lowest BCUT2D eigenvalue weighted by Crippen LogP contribution is -2.21. The van der Waals surface area contributed by atoms with Crippen LogP contribution in [0.4, 0.5) is 0 Å². The summed E-state index contributed by atoms with van der Waals surface area (Å²) in [7, 11) is 0. The summed E-state index contributed by atoms with van der Waals surface area (Å²) < 4.78 is 16.5. The van der Waals surface area contributed by atoms with E-state index in [1.807, 2.05) is 30.0 Å². The molecule has 1 unspecified atom stereocenters. The monoisotopic (exact) mass is 295 g/mol. The lowest BCUT2D eigenvalue weighted by molar-refractivity contribution is 0.1000. The van der Waals surface area contributed by atoms with Gasteiger partial charge in [0.1, 0.15) is 13.2 Å². The Morgan fingerprint density at radius 1 is 1.10 bits per heavy atom. The Balaban J connectivity index is 1.57. The quantitative estimate of drug-likeness (QED) is 0.924. The first-order valence-electron chi connectivity index (χ1n) is 7.17. The van der Waals surface area contributed by atoms with E-state index in [0.29, 0.717) is 18.5 Å². The van der Waals surface area contributed by atoms with Crippen LogP contribution in [0.15, 0.2) is 18.2 Å². The van der Waals surface area contributed by atoms with Crippen LogP contribution >= 0.6 is 11.8 Å². The molecule has 1 aromatic rings. The van der Waals surface area contributed by atoms with E-state index in [1.54, 1.807) is 0 Å². The molecule has 0 aromatic heterocycles. The van der Waals surface area contributed by atoms with Gasteiger partial charge in [0, 0.05) is 30.3 Å². The van der Waals surface area contributed by atoms with Crippen molar-refractivity contribution in [1.82, 2.24) is 0 Å². The fourth-order valence-corrected chi connectivity index (χ4v) is 3.67. The Bertz CT molecular complexity index is 449. The standard InChI is InChI=1S/C15H21NO3S/c16-13(10-20-12-3-5-17-6-4-12)11-1-2-14-15(9-11)19-8-7-18-14/h1-2,9,12-13H,3-8,10,16H2. The Kier molecular flexibility index (Phi) is 4.70. The van der Waals surface area contributed by atoms with Crippen molar-refractivity contribution in [2.24, 2.45) is 5.73 Å². The van der Waals surface area contributed by atoms with Crippen LogP contribution in [0.5, 0.6) is 11.5 Å². The maximum absolute atomic E-state index is 6.30. The molecule has 4 nitrogen and oxygen atoms in total. The number of benzene rings is 1. The van der Waals surface area contributed by atoms with Gasteiger partial charge in [-0.3, -0.25) is 0 Å². The zero-order valence-electron chi connectivity index (χ0n) is 11.5. The summed E-state index contributed by atoms with van der Waals surface area (Å²) in [5.41, 5.74) is 7.42. The molecule has 0 bridgehead atoms. The SMILES string of the molecule is NC(CSC1CCOCC1)c1ccc2c(c1)OCCO2. The van der Waals surface area contributed by atoms with Crippen LogP contribution in [0.1, 0.15) is 24.4 Å². The Labute approximate surface area is 124 Å². The van der Waals surface area contributed by atoms with Crippen molar-refractivity contribution in [3.05, 3.63) is 23.8 Å². The van der Waals surface area contributed by atoms with Gasteiger partial charge in [-0.05, 0) is 30.5 Å². The number of ether oxygens (including phenoxy) is 3. The van der Waals surface area contributed by atoms with Crippen LogP contribution in [-0.2, 0) is 4.74 Å². The normalized spacial score (nSPS) is 20.6. The molecule has 2 aliphatic heterocycles. The average Bonchev–Trinajstić information content (AvgIpc) is 2.53. The highest BCUT2D eigenvalue weighted by Gasteiger charge is 2.18. The van der Waals surface area contributed by atoms with Crippen LogP contribution < -0.4 is 15.2 Å². The molecule has 0 aliphatic carbocycles. The highest BCUT2D eigenvalue weighted by atomic mass is 32.2. The van der Waals surface area contributed by atoms with Crippen molar-refractivity contribution in [2.75, 3.05) is 32.2 Å². The van der Waals surface area contributed by atoms with E-state index in [4.69, 9.17) is 19.9 Å². The maximum Gasteiger partial charge on any atom is 0.161 e. The van der Waals surface area contributed by atoms with Gasteiger partial charge in [-0.2, -0.15) is 11.8 Å². The molecule has 0 saturated carbocycles. The van der Waals surface area contributed by atoms with E-state index >= 15 is 0 Å². The van der Waals surface area contributed by atoms with E-state index in [0.717, 1.165) is 48.9 Å². The minimum absolute atomic E-state index is 0.0404. The molecule has 2 aliphatic rings. The summed E-state index contributed by atoms with van der Waals surface area (Å²) in [6.07, 6.45) is 2.27. The molecule has 2 heterocycles. The van der Waals surface area contributed by atoms with Gasteiger partial charge in [0.2, 0.25) is 0 Å². The van der Waals surface area contributed by atoms with Gasteiger partial charge >= 0.3 is 0 Å². The first-order chi connectivity index (χ1) is 9.83. The first kappa shape index (κ1) is 14.0. The van der Waals surface area contributed by atoms with Crippen LogP contribution in [0.2, 0.25) is 0 Å². The second-order valence-corrected chi connectivity index (χ2v) is 6.49. The second-order valence-electron chi connectivity index (χ2n) is 5.15. The van der Waals surface area contributed by atoms with Crippen LogP contribution in [0, 0.1) is 0 Å². The smallest absolute Gasteiger partial charge is 0.161 e. The van der Waals surface area contributed by atoms with Crippen LogP contribution in [0.25, 0.3) is 0 Å². The molecular weight excluding hydrogens is 274 g/mol. The van der Waals surface area contributed by atoms with Gasteiger partial charge in [-0.15, -0.1) is 0 Å². The van der Waals surface area contributed by atoms with E-state index in [9.17, 15) is 0 Å². The summed E-state index contributed by atoms with van der Waals surface area (Å²) >= 11 is 1.96. The molecular formula is C15H21NO3S. The second kappa shape index (κ2) is 6.70. The van der Waals surface area contributed by atoms with Gasteiger partial charge in [-0.25, -0.2) is 0 Å². The van der Waals surface area contributed by atoms with E-state index in [2.05, 4.69) is 0 Å². The largest absolute Gasteiger partial charge is 0.486 e. The van der Waals surface area contributed by atoms with Gasteiger partial charge in [-0.1, -0.05) is 6.07 Å². The summed E-state index contributed by atoms with van der Waals surface area (Å²) in [5.74, 6) is 2.58. The zero-order chi connectivity index (χ0) is 13.8. The third kappa shape index (κ3) is 3.40. The number of thioether (sulfide) groups is 1. The topological polar surface area (TPSA) is 53.7 Å². The molecule has 2 N–H and O–H groups in total. The molecule has 5 heteroatoms. The predicted molar refractivity (Wildman–Crippen MR) is 80.7 cm³/mol. The van der Waals surface area contributed by atoms with Crippen molar-refractivity contribution in [2.45, 2.75) is 24.1 Å². The molecule has 1 fully saturated rings. The Morgan fingerprint density at radius 2 is 1.85 bits per heavy atom. The number of hydrogen-bond acceptors (Lipinski definition) is 5. The minimum atomic E-state index is 0.0404. The van der Waals surface area contributed by atoms with E-state index < -0.39 is 0 Å². The fraction of sp³-hybridized carbons (Fsp3) is 0.600. The minimum Gasteiger partial charge on any atom is -0.486 e. The van der Waals surface area contributed by atoms with E-state index in [-0.39, 0.29) is 6.04 Å². The molecule has 0 radical (unpaired) electrons. The van der Waals surface area contributed by atoms with Crippen molar-refractivity contribution in [3.8, 4) is 11.5 Å². The molecule has 1 aromatic carbocycles. The van der Waals surface area contributed by atoms with Crippen molar-refractivity contribution in [1.29, 1.82) is 0 Å². The lowest BCUT2D eigenvalue weighted by atomic mass is 10.1. The molecule has 110 valence electrons. The fourth-order valence-electron chi connectivity index (χ4n) is 2.47.